The number of benzene rings is 1. The number of pyridine rings is 1. The number of anilines is 1. The van der Waals surface area contributed by atoms with Crippen LogP contribution in [0, 0.1) is 6.92 Å². The maximum Gasteiger partial charge on any atom is 0.145 e. The lowest BCUT2D eigenvalue weighted by atomic mass is 9.88. The molecule has 0 radical (unpaired) electrons. The Kier molecular flexibility index (Phi) is 4.09. The van der Waals surface area contributed by atoms with Gasteiger partial charge in [-0.2, -0.15) is 0 Å². The van der Waals surface area contributed by atoms with Gasteiger partial charge in [-0.25, -0.2) is 4.98 Å². The summed E-state index contributed by atoms with van der Waals surface area (Å²) in [5.74, 6) is 0.832. The average Bonchev–Trinajstić information content (AvgIpc) is 3.02. The Bertz CT molecular complexity index is 738. The summed E-state index contributed by atoms with van der Waals surface area (Å²) in [6, 6.07) is 8.75. The molecule has 1 aromatic carbocycles. The van der Waals surface area contributed by atoms with Crippen LogP contribution in [-0.2, 0) is 4.74 Å². The molecular formula is C20H26N2O2. The van der Waals surface area contributed by atoms with Crippen LogP contribution in [-0.4, -0.2) is 30.3 Å². The van der Waals surface area contributed by atoms with E-state index in [1.165, 1.54) is 25.7 Å². The molecular weight excluding hydrogens is 300 g/mol. The van der Waals surface area contributed by atoms with E-state index in [-0.39, 0.29) is 5.60 Å². The van der Waals surface area contributed by atoms with Crippen molar-refractivity contribution >= 4 is 16.6 Å². The van der Waals surface area contributed by atoms with Gasteiger partial charge in [0.25, 0.3) is 0 Å². The summed E-state index contributed by atoms with van der Waals surface area (Å²) in [7, 11) is 1.70. The zero-order valence-electron chi connectivity index (χ0n) is 14.6. The molecule has 2 heterocycles. The van der Waals surface area contributed by atoms with Crippen LogP contribution in [0.2, 0.25) is 0 Å². The van der Waals surface area contributed by atoms with E-state index in [1.54, 1.807) is 7.11 Å². The number of methoxy groups -OCH3 is 1. The van der Waals surface area contributed by atoms with Crippen molar-refractivity contribution < 1.29 is 9.47 Å². The Morgan fingerprint density at radius 1 is 1.29 bits per heavy atom. The van der Waals surface area contributed by atoms with Crippen molar-refractivity contribution in [3.05, 3.63) is 30.0 Å². The lowest BCUT2D eigenvalue weighted by molar-refractivity contribution is -0.0766. The Morgan fingerprint density at radius 3 is 2.92 bits per heavy atom. The number of aryl methyl sites for hydroxylation is 1. The minimum atomic E-state index is 0.130. The fraction of sp³-hybridized carbons (Fsp3) is 0.550. The molecule has 0 bridgehead atoms. The van der Waals surface area contributed by atoms with Crippen molar-refractivity contribution in [2.75, 3.05) is 19.0 Å². The molecule has 1 N–H and O–H groups in total. The largest absolute Gasteiger partial charge is 0.494 e. The molecule has 1 aromatic heterocycles. The molecule has 1 saturated carbocycles. The van der Waals surface area contributed by atoms with Gasteiger partial charge >= 0.3 is 0 Å². The Balaban J connectivity index is 1.64. The maximum absolute atomic E-state index is 6.17. The Morgan fingerprint density at radius 2 is 2.12 bits per heavy atom. The third kappa shape index (κ3) is 2.84. The van der Waals surface area contributed by atoms with Crippen LogP contribution >= 0.6 is 0 Å². The van der Waals surface area contributed by atoms with Crippen LogP contribution in [0.1, 0.15) is 44.2 Å². The van der Waals surface area contributed by atoms with Crippen molar-refractivity contribution in [3.63, 3.8) is 0 Å². The SMILES string of the molecule is COc1cccc2c(NC3CCOC4(CCCC4)C3)cc(C)nc12. The zero-order valence-corrected chi connectivity index (χ0v) is 14.6. The highest BCUT2D eigenvalue weighted by molar-refractivity contribution is 5.95. The molecule has 4 rings (SSSR count). The highest BCUT2D eigenvalue weighted by atomic mass is 16.5. The van der Waals surface area contributed by atoms with E-state index in [2.05, 4.69) is 22.4 Å². The predicted octanol–water partition coefficient (Wildman–Crippen LogP) is 4.46. The third-order valence-electron chi connectivity index (χ3n) is 5.52. The lowest BCUT2D eigenvalue weighted by Crippen LogP contribution is -2.42. The van der Waals surface area contributed by atoms with Gasteiger partial charge in [0.15, 0.2) is 0 Å². The number of hydrogen-bond donors (Lipinski definition) is 1. The summed E-state index contributed by atoms with van der Waals surface area (Å²) in [6.07, 6.45) is 7.22. The van der Waals surface area contributed by atoms with Crippen molar-refractivity contribution in [2.24, 2.45) is 0 Å². The number of nitrogens with zero attached hydrogens (tertiary/aromatic N) is 1. The standard InChI is InChI=1S/C20H26N2O2/c1-14-12-17(16-6-5-7-18(23-2)19(16)21-14)22-15-8-11-24-20(13-15)9-3-4-10-20/h5-7,12,15H,3-4,8-11,13H2,1-2H3,(H,21,22). The van der Waals surface area contributed by atoms with Crippen molar-refractivity contribution in [3.8, 4) is 5.75 Å². The summed E-state index contributed by atoms with van der Waals surface area (Å²) < 4.78 is 11.7. The second-order valence-corrected chi connectivity index (χ2v) is 7.24. The highest BCUT2D eigenvalue weighted by Crippen LogP contribution is 2.41. The molecule has 1 aliphatic carbocycles. The summed E-state index contributed by atoms with van der Waals surface area (Å²) in [6.45, 7) is 2.91. The molecule has 1 atom stereocenters. The van der Waals surface area contributed by atoms with E-state index < -0.39 is 0 Å². The molecule has 1 saturated heterocycles. The van der Waals surface area contributed by atoms with Gasteiger partial charge in [-0.15, -0.1) is 0 Å². The maximum atomic E-state index is 6.17. The minimum absolute atomic E-state index is 0.130. The molecule has 2 aromatic rings. The van der Waals surface area contributed by atoms with Crippen LogP contribution in [0.3, 0.4) is 0 Å². The van der Waals surface area contributed by atoms with Crippen molar-refractivity contribution in [1.82, 2.24) is 4.98 Å². The summed E-state index contributed by atoms with van der Waals surface area (Å²) in [5.41, 5.74) is 3.24. The molecule has 1 spiro atoms. The first-order chi connectivity index (χ1) is 11.7. The van der Waals surface area contributed by atoms with E-state index in [1.807, 2.05) is 19.1 Å². The quantitative estimate of drug-likeness (QED) is 0.904. The normalized spacial score (nSPS) is 22.8. The first-order valence-electron chi connectivity index (χ1n) is 9.04. The van der Waals surface area contributed by atoms with Gasteiger partial charge in [-0.05, 0) is 44.7 Å². The highest BCUT2D eigenvalue weighted by Gasteiger charge is 2.39. The molecule has 24 heavy (non-hydrogen) atoms. The number of para-hydroxylation sites is 1. The molecule has 0 amide bonds. The first-order valence-corrected chi connectivity index (χ1v) is 9.04. The van der Waals surface area contributed by atoms with Crippen molar-refractivity contribution in [1.29, 1.82) is 0 Å². The minimum Gasteiger partial charge on any atom is -0.494 e. The molecule has 1 unspecified atom stereocenters. The predicted molar refractivity (Wildman–Crippen MR) is 96.8 cm³/mol. The second kappa shape index (κ2) is 6.25. The number of ether oxygens (including phenoxy) is 2. The van der Waals surface area contributed by atoms with Gasteiger partial charge in [0.1, 0.15) is 11.3 Å². The molecule has 4 nitrogen and oxygen atoms in total. The van der Waals surface area contributed by atoms with Crippen LogP contribution in [0.25, 0.3) is 10.9 Å². The fourth-order valence-corrected chi connectivity index (χ4v) is 4.37. The van der Waals surface area contributed by atoms with Gasteiger partial charge in [-0.3, -0.25) is 0 Å². The van der Waals surface area contributed by atoms with E-state index in [0.717, 1.165) is 47.5 Å². The Labute approximate surface area is 143 Å². The van der Waals surface area contributed by atoms with Crippen molar-refractivity contribution in [2.45, 2.75) is 57.1 Å². The molecule has 2 fully saturated rings. The van der Waals surface area contributed by atoms with Gasteiger partial charge < -0.3 is 14.8 Å². The van der Waals surface area contributed by atoms with E-state index in [9.17, 15) is 0 Å². The first kappa shape index (κ1) is 15.7. The zero-order chi connectivity index (χ0) is 16.6. The smallest absolute Gasteiger partial charge is 0.145 e. The number of rotatable bonds is 3. The van der Waals surface area contributed by atoms with Crippen LogP contribution in [0.4, 0.5) is 5.69 Å². The second-order valence-electron chi connectivity index (χ2n) is 7.24. The molecule has 4 heteroatoms. The van der Waals surface area contributed by atoms with Gasteiger partial charge in [0, 0.05) is 29.4 Å². The lowest BCUT2D eigenvalue weighted by Gasteiger charge is -2.39. The number of aromatic nitrogens is 1. The van der Waals surface area contributed by atoms with E-state index >= 15 is 0 Å². The Hall–Kier alpha value is -1.81. The van der Waals surface area contributed by atoms with E-state index in [0.29, 0.717) is 6.04 Å². The summed E-state index contributed by atoms with van der Waals surface area (Å²) >= 11 is 0. The number of fused-ring (bicyclic) bond motifs is 1. The average molecular weight is 326 g/mol. The topological polar surface area (TPSA) is 43.4 Å². The van der Waals surface area contributed by atoms with Crippen LogP contribution < -0.4 is 10.1 Å². The summed E-state index contributed by atoms with van der Waals surface area (Å²) in [5, 5.41) is 4.92. The summed E-state index contributed by atoms with van der Waals surface area (Å²) in [4.78, 5) is 4.68. The van der Waals surface area contributed by atoms with Gasteiger partial charge in [0.05, 0.1) is 12.7 Å². The molecule has 2 aliphatic rings. The van der Waals surface area contributed by atoms with Crippen LogP contribution in [0.15, 0.2) is 24.3 Å². The van der Waals surface area contributed by atoms with Gasteiger partial charge in [0.2, 0.25) is 0 Å². The number of hydrogen-bond acceptors (Lipinski definition) is 4. The number of nitrogens with one attached hydrogen (secondary N) is 1. The van der Waals surface area contributed by atoms with Crippen LogP contribution in [0.5, 0.6) is 5.75 Å². The van der Waals surface area contributed by atoms with E-state index in [4.69, 9.17) is 9.47 Å². The molecule has 128 valence electrons. The molecule has 1 aliphatic heterocycles. The third-order valence-corrected chi connectivity index (χ3v) is 5.52. The monoisotopic (exact) mass is 326 g/mol. The van der Waals surface area contributed by atoms with Gasteiger partial charge in [-0.1, -0.05) is 25.0 Å². The fourth-order valence-electron chi connectivity index (χ4n) is 4.37.